The number of carbonyl (C=O) groups is 1. The smallest absolute Gasteiger partial charge is 0.326 e. The van der Waals surface area contributed by atoms with E-state index in [1.807, 2.05) is 54.6 Å². The molecular weight excluding hydrogens is 387 g/mol. The number of aryl methyl sites for hydroxylation is 1. The number of amides is 1. The molecule has 0 aliphatic carbocycles. The molecule has 1 amide bonds. The van der Waals surface area contributed by atoms with Crippen LogP contribution in [0, 0.1) is 0 Å². The van der Waals surface area contributed by atoms with Crippen molar-refractivity contribution >= 4 is 23.2 Å². The van der Waals surface area contributed by atoms with Gasteiger partial charge in [0.1, 0.15) is 0 Å². The Labute approximate surface area is 166 Å². The fourth-order valence-electron chi connectivity index (χ4n) is 2.84. The molecule has 0 aliphatic rings. The van der Waals surface area contributed by atoms with Crippen molar-refractivity contribution in [2.24, 2.45) is 0 Å². The molecular formula is C22H17ClF3NO. The minimum Gasteiger partial charge on any atom is -0.326 e. The van der Waals surface area contributed by atoms with Gasteiger partial charge in [0.25, 0.3) is 0 Å². The van der Waals surface area contributed by atoms with Gasteiger partial charge in [-0.1, -0.05) is 66.2 Å². The van der Waals surface area contributed by atoms with Gasteiger partial charge in [0, 0.05) is 12.1 Å². The highest BCUT2D eigenvalue weighted by Crippen LogP contribution is 2.36. The average molecular weight is 404 g/mol. The lowest BCUT2D eigenvalue weighted by molar-refractivity contribution is -0.137. The largest absolute Gasteiger partial charge is 0.417 e. The van der Waals surface area contributed by atoms with E-state index in [1.54, 1.807) is 0 Å². The van der Waals surface area contributed by atoms with Crippen molar-refractivity contribution < 1.29 is 18.0 Å². The summed E-state index contributed by atoms with van der Waals surface area (Å²) in [4.78, 5) is 12.2. The Morgan fingerprint density at radius 3 is 2.32 bits per heavy atom. The Morgan fingerprint density at radius 1 is 0.893 bits per heavy atom. The molecule has 0 atom stereocenters. The van der Waals surface area contributed by atoms with Crippen LogP contribution in [0.2, 0.25) is 5.02 Å². The van der Waals surface area contributed by atoms with E-state index in [1.165, 1.54) is 6.07 Å². The van der Waals surface area contributed by atoms with Crippen molar-refractivity contribution in [2.75, 3.05) is 5.32 Å². The van der Waals surface area contributed by atoms with Gasteiger partial charge in [0.2, 0.25) is 5.91 Å². The molecule has 3 aromatic rings. The van der Waals surface area contributed by atoms with E-state index in [2.05, 4.69) is 5.32 Å². The minimum atomic E-state index is -4.57. The van der Waals surface area contributed by atoms with E-state index >= 15 is 0 Å². The fraction of sp³-hybridized carbons (Fsp3) is 0.136. The molecule has 3 aromatic carbocycles. The highest BCUT2D eigenvalue weighted by molar-refractivity contribution is 6.31. The number of nitrogens with one attached hydrogen (secondary N) is 1. The van der Waals surface area contributed by atoms with Gasteiger partial charge in [-0.2, -0.15) is 13.2 Å². The van der Waals surface area contributed by atoms with Crippen LogP contribution in [-0.2, 0) is 17.4 Å². The maximum Gasteiger partial charge on any atom is 0.417 e. The third-order valence-corrected chi connectivity index (χ3v) is 4.56. The lowest BCUT2D eigenvalue weighted by Gasteiger charge is -2.12. The molecule has 3 rings (SSSR count). The molecule has 0 radical (unpaired) electrons. The SMILES string of the molecule is O=C(CCc1cccc(-c2ccccc2)c1)Nc1ccc(Cl)c(C(F)(F)F)c1. The first-order valence-corrected chi connectivity index (χ1v) is 9.02. The van der Waals surface area contributed by atoms with E-state index in [9.17, 15) is 18.0 Å². The topological polar surface area (TPSA) is 29.1 Å². The lowest BCUT2D eigenvalue weighted by Crippen LogP contribution is -2.14. The van der Waals surface area contributed by atoms with Gasteiger partial charge in [-0.15, -0.1) is 0 Å². The predicted molar refractivity (Wildman–Crippen MR) is 105 cm³/mol. The molecule has 0 aliphatic heterocycles. The van der Waals surface area contributed by atoms with Gasteiger partial charge in [0.05, 0.1) is 10.6 Å². The van der Waals surface area contributed by atoms with Crippen LogP contribution in [0.5, 0.6) is 0 Å². The molecule has 144 valence electrons. The summed E-state index contributed by atoms with van der Waals surface area (Å²) in [7, 11) is 0. The van der Waals surface area contributed by atoms with E-state index in [-0.39, 0.29) is 18.0 Å². The third-order valence-electron chi connectivity index (χ3n) is 4.23. The first kappa shape index (κ1) is 20.0. The summed E-state index contributed by atoms with van der Waals surface area (Å²) < 4.78 is 38.7. The predicted octanol–water partition coefficient (Wildman–Crippen LogP) is 6.60. The summed E-state index contributed by atoms with van der Waals surface area (Å²) >= 11 is 5.59. The van der Waals surface area contributed by atoms with Crippen molar-refractivity contribution in [3.63, 3.8) is 0 Å². The van der Waals surface area contributed by atoms with Crippen molar-refractivity contribution in [1.82, 2.24) is 0 Å². The van der Waals surface area contributed by atoms with Crippen molar-refractivity contribution in [2.45, 2.75) is 19.0 Å². The van der Waals surface area contributed by atoms with Crippen molar-refractivity contribution in [3.05, 3.63) is 88.9 Å². The summed E-state index contributed by atoms with van der Waals surface area (Å²) in [6.07, 6.45) is -3.94. The molecule has 6 heteroatoms. The number of carbonyl (C=O) groups excluding carboxylic acids is 1. The molecule has 0 fully saturated rings. The van der Waals surface area contributed by atoms with Crippen LogP contribution in [0.4, 0.5) is 18.9 Å². The Morgan fingerprint density at radius 2 is 1.61 bits per heavy atom. The zero-order valence-electron chi connectivity index (χ0n) is 14.8. The van der Waals surface area contributed by atoms with Crippen molar-refractivity contribution in [1.29, 1.82) is 0 Å². The number of hydrogen-bond donors (Lipinski definition) is 1. The zero-order chi connectivity index (χ0) is 20.1. The highest BCUT2D eigenvalue weighted by Gasteiger charge is 2.33. The number of benzene rings is 3. The van der Waals surface area contributed by atoms with Gasteiger partial charge in [-0.3, -0.25) is 4.79 Å². The number of rotatable bonds is 5. The Bertz CT molecular complexity index is 971. The molecule has 0 spiro atoms. The average Bonchev–Trinajstić information content (AvgIpc) is 2.68. The molecule has 1 N–H and O–H groups in total. The molecule has 0 heterocycles. The van der Waals surface area contributed by atoms with Crippen molar-refractivity contribution in [3.8, 4) is 11.1 Å². The zero-order valence-corrected chi connectivity index (χ0v) is 15.5. The summed E-state index contributed by atoms with van der Waals surface area (Å²) in [5.41, 5.74) is 2.20. The number of hydrogen-bond acceptors (Lipinski definition) is 1. The molecule has 2 nitrogen and oxygen atoms in total. The van der Waals surface area contributed by atoms with Crippen LogP contribution in [-0.4, -0.2) is 5.91 Å². The lowest BCUT2D eigenvalue weighted by atomic mass is 10.0. The summed E-state index contributed by atoms with van der Waals surface area (Å²) in [5, 5.41) is 2.10. The third kappa shape index (κ3) is 5.14. The van der Waals surface area contributed by atoms with Crippen LogP contribution in [0.1, 0.15) is 17.5 Å². The molecule has 0 bridgehead atoms. The molecule has 0 saturated heterocycles. The van der Waals surface area contributed by atoms with Crippen LogP contribution in [0.15, 0.2) is 72.8 Å². The Hall–Kier alpha value is -2.79. The van der Waals surface area contributed by atoms with E-state index in [0.717, 1.165) is 28.8 Å². The first-order chi connectivity index (χ1) is 13.3. The van der Waals surface area contributed by atoms with E-state index in [0.29, 0.717) is 6.42 Å². The maximum atomic E-state index is 12.9. The van der Waals surface area contributed by atoms with Gasteiger partial charge in [-0.25, -0.2) is 0 Å². The summed E-state index contributed by atoms with van der Waals surface area (Å²) in [6.45, 7) is 0. The van der Waals surface area contributed by atoms with Crippen LogP contribution in [0.3, 0.4) is 0 Å². The van der Waals surface area contributed by atoms with Gasteiger partial charge < -0.3 is 5.32 Å². The molecule has 28 heavy (non-hydrogen) atoms. The van der Waals surface area contributed by atoms with Gasteiger partial charge >= 0.3 is 6.18 Å². The van der Waals surface area contributed by atoms with E-state index in [4.69, 9.17) is 11.6 Å². The summed E-state index contributed by atoms with van der Waals surface area (Å²) in [6, 6.07) is 21.0. The number of anilines is 1. The quantitative estimate of drug-likeness (QED) is 0.511. The molecule has 0 saturated carbocycles. The number of alkyl halides is 3. The first-order valence-electron chi connectivity index (χ1n) is 8.64. The molecule has 0 aromatic heterocycles. The second kappa shape index (κ2) is 8.48. The van der Waals surface area contributed by atoms with Gasteiger partial charge in [0.15, 0.2) is 0 Å². The van der Waals surface area contributed by atoms with Crippen LogP contribution >= 0.6 is 11.6 Å². The fourth-order valence-corrected chi connectivity index (χ4v) is 3.06. The Kier molecular flexibility index (Phi) is 6.05. The highest BCUT2D eigenvalue weighted by atomic mass is 35.5. The number of halogens is 4. The van der Waals surface area contributed by atoms with Crippen LogP contribution < -0.4 is 5.32 Å². The second-order valence-corrected chi connectivity index (χ2v) is 6.71. The second-order valence-electron chi connectivity index (χ2n) is 6.31. The standard InChI is InChI=1S/C22H17ClF3NO/c23-20-11-10-18(14-19(20)22(24,25)26)27-21(28)12-9-15-5-4-8-17(13-15)16-6-2-1-3-7-16/h1-8,10-11,13-14H,9,12H2,(H,27,28). The van der Waals surface area contributed by atoms with E-state index < -0.39 is 16.8 Å². The molecule has 0 unspecified atom stereocenters. The summed E-state index contributed by atoms with van der Waals surface area (Å²) in [5.74, 6) is -0.361. The van der Waals surface area contributed by atoms with Gasteiger partial charge in [-0.05, 0) is 41.3 Å². The minimum absolute atomic E-state index is 0.0692. The van der Waals surface area contributed by atoms with Crippen LogP contribution in [0.25, 0.3) is 11.1 Å². The Balaban J connectivity index is 1.64. The maximum absolute atomic E-state index is 12.9. The monoisotopic (exact) mass is 403 g/mol. The normalized spacial score (nSPS) is 11.3.